The molecule has 0 spiro atoms. The van der Waals surface area contributed by atoms with Crippen molar-refractivity contribution in [3.8, 4) is 0 Å². The van der Waals surface area contributed by atoms with E-state index >= 15 is 0 Å². The van der Waals surface area contributed by atoms with Gasteiger partial charge in [0.15, 0.2) is 0 Å². The molecular formula is C8H12F6N2O. The second-order valence-electron chi connectivity index (χ2n) is 3.87. The number of urea groups is 1. The molecule has 0 rings (SSSR count). The first-order valence-electron chi connectivity index (χ1n) is 4.53. The number of amides is 2. The number of hydrogen-bond donors (Lipinski definition) is 2. The van der Waals surface area contributed by atoms with Crippen LogP contribution in [0.5, 0.6) is 0 Å². The standard InChI is InChI=1S/C8H12F6N2O/c1-4(2)15-5(17)16-6(3,7(9,10)11)8(12,13)14/h4H,1-3H3,(H2,15,16,17). The summed E-state index contributed by atoms with van der Waals surface area (Å²) >= 11 is 0. The first-order chi connectivity index (χ1) is 7.31. The molecule has 0 atom stereocenters. The maximum absolute atomic E-state index is 12.3. The molecule has 0 aliphatic heterocycles. The molecule has 0 saturated carbocycles. The lowest BCUT2D eigenvalue weighted by molar-refractivity contribution is -0.297. The summed E-state index contributed by atoms with van der Waals surface area (Å²) in [6.45, 7) is 2.67. The van der Waals surface area contributed by atoms with Crippen LogP contribution in [0, 0.1) is 0 Å². The SMILES string of the molecule is CC(C)NC(=O)NC(C)(C(F)(F)F)C(F)(F)F. The predicted molar refractivity (Wildman–Crippen MR) is 47.3 cm³/mol. The highest BCUT2D eigenvalue weighted by atomic mass is 19.4. The minimum atomic E-state index is -5.64. The Labute approximate surface area is 93.5 Å². The van der Waals surface area contributed by atoms with E-state index in [1.807, 2.05) is 5.32 Å². The van der Waals surface area contributed by atoms with E-state index < -0.39 is 30.0 Å². The third-order valence-corrected chi connectivity index (χ3v) is 1.92. The fourth-order valence-corrected chi connectivity index (χ4v) is 0.828. The Bertz CT molecular complexity index is 269. The van der Waals surface area contributed by atoms with Gasteiger partial charge in [-0.2, -0.15) is 26.3 Å². The molecule has 0 aliphatic carbocycles. The first-order valence-corrected chi connectivity index (χ1v) is 4.53. The highest BCUT2D eigenvalue weighted by Crippen LogP contribution is 2.42. The summed E-state index contributed by atoms with van der Waals surface area (Å²) in [7, 11) is 0. The number of hydrogen-bond acceptors (Lipinski definition) is 1. The quantitative estimate of drug-likeness (QED) is 0.741. The smallest absolute Gasteiger partial charge is 0.336 e. The Kier molecular flexibility index (Phi) is 4.30. The number of carbonyl (C=O) groups excluding carboxylic acids is 1. The van der Waals surface area contributed by atoms with Crippen LogP contribution in [0.25, 0.3) is 0 Å². The molecule has 0 fully saturated rings. The van der Waals surface area contributed by atoms with Crippen LogP contribution in [0.15, 0.2) is 0 Å². The van der Waals surface area contributed by atoms with Crippen LogP contribution in [0.4, 0.5) is 31.1 Å². The molecule has 2 amide bonds. The second kappa shape index (κ2) is 4.61. The summed E-state index contributed by atoms with van der Waals surface area (Å²) in [5, 5.41) is 2.80. The Morgan fingerprint density at radius 2 is 1.35 bits per heavy atom. The molecule has 3 nitrogen and oxygen atoms in total. The molecule has 0 aromatic rings. The van der Waals surface area contributed by atoms with Gasteiger partial charge in [-0.15, -0.1) is 0 Å². The summed E-state index contributed by atoms with van der Waals surface area (Å²) in [6.07, 6.45) is -11.3. The zero-order valence-corrected chi connectivity index (χ0v) is 9.25. The lowest BCUT2D eigenvalue weighted by Gasteiger charge is -2.34. The zero-order chi connectivity index (χ0) is 14.1. The van der Waals surface area contributed by atoms with Crippen molar-refractivity contribution in [2.24, 2.45) is 0 Å². The Morgan fingerprint density at radius 1 is 1.00 bits per heavy atom. The third kappa shape index (κ3) is 3.67. The van der Waals surface area contributed by atoms with Gasteiger partial charge in [0, 0.05) is 6.04 Å². The summed E-state index contributed by atoms with van der Waals surface area (Å²) in [4.78, 5) is 10.9. The van der Waals surface area contributed by atoms with Gasteiger partial charge < -0.3 is 10.6 Å². The molecule has 0 aromatic heterocycles. The van der Waals surface area contributed by atoms with E-state index in [0.717, 1.165) is 5.32 Å². The van der Waals surface area contributed by atoms with Gasteiger partial charge in [0.1, 0.15) is 0 Å². The maximum Gasteiger partial charge on any atom is 0.420 e. The molecule has 0 aromatic carbocycles. The number of nitrogens with one attached hydrogen (secondary N) is 2. The zero-order valence-electron chi connectivity index (χ0n) is 9.25. The largest absolute Gasteiger partial charge is 0.420 e. The molecule has 0 saturated heterocycles. The van der Waals surface area contributed by atoms with Crippen LogP contribution in [0.2, 0.25) is 0 Å². The first kappa shape index (κ1) is 15.9. The Hall–Kier alpha value is -1.15. The van der Waals surface area contributed by atoms with Crippen molar-refractivity contribution in [1.82, 2.24) is 10.6 Å². The molecular weight excluding hydrogens is 254 g/mol. The summed E-state index contributed by atoms with van der Waals surface area (Å²) < 4.78 is 74.0. The van der Waals surface area contributed by atoms with Crippen molar-refractivity contribution in [1.29, 1.82) is 0 Å². The molecule has 0 bridgehead atoms. The second-order valence-corrected chi connectivity index (χ2v) is 3.87. The van der Waals surface area contributed by atoms with Crippen molar-refractivity contribution in [2.45, 2.75) is 44.7 Å². The van der Waals surface area contributed by atoms with E-state index in [2.05, 4.69) is 0 Å². The van der Waals surface area contributed by atoms with Gasteiger partial charge in [0.25, 0.3) is 0 Å². The highest BCUT2D eigenvalue weighted by Gasteiger charge is 2.68. The molecule has 102 valence electrons. The van der Waals surface area contributed by atoms with Crippen molar-refractivity contribution in [3.63, 3.8) is 0 Å². The van der Waals surface area contributed by atoms with Crippen LogP contribution in [0.1, 0.15) is 20.8 Å². The van der Waals surface area contributed by atoms with Crippen molar-refractivity contribution >= 4 is 6.03 Å². The fourth-order valence-electron chi connectivity index (χ4n) is 0.828. The third-order valence-electron chi connectivity index (χ3n) is 1.92. The Morgan fingerprint density at radius 3 is 1.59 bits per heavy atom. The van der Waals surface area contributed by atoms with Crippen LogP contribution in [0.3, 0.4) is 0 Å². The normalized spacial score (nSPS) is 13.8. The number of halogens is 6. The van der Waals surface area contributed by atoms with Gasteiger partial charge in [-0.25, -0.2) is 4.79 Å². The molecule has 0 radical (unpaired) electrons. The molecule has 2 N–H and O–H groups in total. The topological polar surface area (TPSA) is 41.1 Å². The summed E-state index contributed by atoms with van der Waals surface area (Å²) in [5.74, 6) is 0. The van der Waals surface area contributed by atoms with Gasteiger partial charge in [-0.1, -0.05) is 0 Å². The van der Waals surface area contributed by atoms with Gasteiger partial charge >= 0.3 is 18.4 Å². The van der Waals surface area contributed by atoms with Crippen molar-refractivity contribution in [3.05, 3.63) is 0 Å². The van der Waals surface area contributed by atoms with Gasteiger partial charge in [-0.05, 0) is 20.8 Å². The lowest BCUT2D eigenvalue weighted by Crippen LogP contribution is -2.67. The average Bonchev–Trinajstić information content (AvgIpc) is 1.97. The molecule has 9 heteroatoms. The van der Waals surface area contributed by atoms with Crippen LogP contribution in [-0.2, 0) is 0 Å². The molecule has 17 heavy (non-hydrogen) atoms. The minimum absolute atomic E-state index is 0.132. The molecule has 0 unspecified atom stereocenters. The van der Waals surface area contributed by atoms with Gasteiger partial charge in [-0.3, -0.25) is 0 Å². The van der Waals surface area contributed by atoms with Crippen molar-refractivity contribution < 1.29 is 31.1 Å². The molecule has 0 aliphatic rings. The van der Waals surface area contributed by atoms with E-state index in [1.54, 1.807) is 0 Å². The summed E-state index contributed by atoms with van der Waals surface area (Å²) in [5.41, 5.74) is -4.28. The minimum Gasteiger partial charge on any atom is -0.336 e. The van der Waals surface area contributed by atoms with Crippen LogP contribution in [-0.4, -0.2) is 30.0 Å². The van der Waals surface area contributed by atoms with E-state index in [0.29, 0.717) is 0 Å². The van der Waals surface area contributed by atoms with E-state index in [1.165, 1.54) is 13.8 Å². The summed E-state index contributed by atoms with van der Waals surface area (Å²) in [6, 6.07) is -2.11. The lowest BCUT2D eigenvalue weighted by atomic mass is 10.0. The van der Waals surface area contributed by atoms with E-state index in [4.69, 9.17) is 0 Å². The number of alkyl halides is 6. The monoisotopic (exact) mass is 266 g/mol. The van der Waals surface area contributed by atoms with Crippen LogP contribution < -0.4 is 10.6 Å². The fraction of sp³-hybridized carbons (Fsp3) is 0.875. The molecule has 0 heterocycles. The number of rotatable bonds is 2. The van der Waals surface area contributed by atoms with E-state index in [-0.39, 0.29) is 6.92 Å². The average molecular weight is 266 g/mol. The van der Waals surface area contributed by atoms with E-state index in [9.17, 15) is 31.1 Å². The highest BCUT2D eigenvalue weighted by molar-refractivity contribution is 5.75. The Balaban J connectivity index is 5.06. The number of carbonyl (C=O) groups is 1. The van der Waals surface area contributed by atoms with Gasteiger partial charge in [0.05, 0.1) is 0 Å². The maximum atomic E-state index is 12.3. The van der Waals surface area contributed by atoms with Crippen molar-refractivity contribution in [2.75, 3.05) is 0 Å². The predicted octanol–water partition coefficient (Wildman–Crippen LogP) is 2.58. The van der Waals surface area contributed by atoms with Gasteiger partial charge in [0.2, 0.25) is 5.54 Å². The van der Waals surface area contributed by atoms with Crippen LogP contribution >= 0.6 is 0 Å².